The third kappa shape index (κ3) is 1.60. The van der Waals surface area contributed by atoms with Gasteiger partial charge in [0.1, 0.15) is 13.2 Å². The van der Waals surface area contributed by atoms with Crippen LogP contribution in [0.3, 0.4) is 0 Å². The van der Waals surface area contributed by atoms with E-state index in [1.165, 1.54) is 11.3 Å². The summed E-state index contributed by atoms with van der Waals surface area (Å²) >= 11 is 0. The van der Waals surface area contributed by atoms with E-state index >= 15 is 0 Å². The Labute approximate surface area is 95.8 Å². The van der Waals surface area contributed by atoms with Gasteiger partial charge in [-0.2, -0.15) is 0 Å². The average Bonchev–Trinajstić information content (AvgIpc) is 2.25. The fourth-order valence-corrected chi connectivity index (χ4v) is 2.35. The van der Waals surface area contributed by atoms with Crippen LogP contribution in [0.4, 0.5) is 5.69 Å². The summed E-state index contributed by atoms with van der Waals surface area (Å²) in [5.74, 6) is 1.77. The van der Waals surface area contributed by atoms with Crippen molar-refractivity contribution < 1.29 is 9.47 Å². The van der Waals surface area contributed by atoms with E-state index in [4.69, 9.17) is 9.47 Å². The van der Waals surface area contributed by atoms with Crippen molar-refractivity contribution in [2.75, 3.05) is 25.1 Å². The van der Waals surface area contributed by atoms with Gasteiger partial charge in [0.05, 0.1) is 0 Å². The monoisotopic (exact) mass is 219 g/mol. The minimum atomic E-state index is 0.316. The van der Waals surface area contributed by atoms with Crippen LogP contribution >= 0.6 is 0 Å². The molecular formula is C13H17NO2. The van der Waals surface area contributed by atoms with Gasteiger partial charge in [0.25, 0.3) is 0 Å². The first-order valence-electron chi connectivity index (χ1n) is 5.80. The maximum Gasteiger partial charge on any atom is 0.163 e. The molecule has 0 unspecified atom stereocenters. The van der Waals surface area contributed by atoms with Crippen molar-refractivity contribution in [2.45, 2.75) is 20.3 Å². The molecule has 3 nitrogen and oxygen atoms in total. The molecule has 2 aliphatic rings. The lowest BCUT2D eigenvalue weighted by atomic mass is 9.82. The first kappa shape index (κ1) is 9.82. The van der Waals surface area contributed by atoms with Gasteiger partial charge in [-0.15, -0.1) is 0 Å². The lowest BCUT2D eigenvalue weighted by molar-refractivity contribution is 0.171. The number of rotatable bonds is 0. The molecule has 0 spiro atoms. The summed E-state index contributed by atoms with van der Waals surface area (Å²) in [4.78, 5) is 0. The van der Waals surface area contributed by atoms with E-state index < -0.39 is 0 Å². The highest BCUT2D eigenvalue weighted by Crippen LogP contribution is 2.40. The van der Waals surface area contributed by atoms with Gasteiger partial charge in [0.15, 0.2) is 11.5 Å². The van der Waals surface area contributed by atoms with E-state index in [2.05, 4.69) is 31.3 Å². The molecule has 0 atom stereocenters. The van der Waals surface area contributed by atoms with Gasteiger partial charge >= 0.3 is 0 Å². The smallest absolute Gasteiger partial charge is 0.163 e. The van der Waals surface area contributed by atoms with Crippen molar-refractivity contribution in [2.24, 2.45) is 5.41 Å². The molecule has 2 heterocycles. The van der Waals surface area contributed by atoms with Crippen molar-refractivity contribution in [3.63, 3.8) is 0 Å². The first-order chi connectivity index (χ1) is 7.64. The lowest BCUT2D eigenvalue weighted by Crippen LogP contribution is -2.31. The van der Waals surface area contributed by atoms with E-state index in [1.807, 2.05) is 0 Å². The topological polar surface area (TPSA) is 30.5 Å². The highest BCUT2D eigenvalue weighted by Gasteiger charge is 2.27. The van der Waals surface area contributed by atoms with Crippen LogP contribution in [0.25, 0.3) is 0 Å². The van der Waals surface area contributed by atoms with Crippen LogP contribution in [0, 0.1) is 5.41 Å². The van der Waals surface area contributed by atoms with Crippen LogP contribution in [0.15, 0.2) is 12.1 Å². The van der Waals surface area contributed by atoms with Crippen molar-refractivity contribution >= 4 is 5.69 Å². The third-order valence-electron chi connectivity index (χ3n) is 3.19. The Bertz CT molecular complexity index is 426. The number of hydrogen-bond acceptors (Lipinski definition) is 3. The molecular weight excluding hydrogens is 202 g/mol. The van der Waals surface area contributed by atoms with Gasteiger partial charge in [-0.1, -0.05) is 13.8 Å². The molecule has 0 saturated heterocycles. The molecule has 3 rings (SSSR count). The Balaban J connectivity index is 2.02. The summed E-state index contributed by atoms with van der Waals surface area (Å²) in [6, 6.07) is 4.19. The number of benzene rings is 1. The van der Waals surface area contributed by atoms with Crippen molar-refractivity contribution in [1.29, 1.82) is 0 Å². The molecule has 16 heavy (non-hydrogen) atoms. The molecule has 1 aromatic rings. The fourth-order valence-electron chi connectivity index (χ4n) is 2.35. The van der Waals surface area contributed by atoms with Gasteiger partial charge in [-0.05, 0) is 23.5 Å². The van der Waals surface area contributed by atoms with E-state index in [0.29, 0.717) is 18.6 Å². The van der Waals surface area contributed by atoms with E-state index in [0.717, 1.165) is 24.5 Å². The molecule has 2 aliphatic heterocycles. The largest absolute Gasteiger partial charge is 0.486 e. The second kappa shape index (κ2) is 3.30. The van der Waals surface area contributed by atoms with Gasteiger partial charge < -0.3 is 14.8 Å². The average molecular weight is 219 g/mol. The number of anilines is 1. The normalized spacial score (nSPS) is 20.9. The molecule has 86 valence electrons. The fraction of sp³-hybridized carbons (Fsp3) is 0.538. The molecule has 0 radical (unpaired) electrons. The third-order valence-corrected chi connectivity index (χ3v) is 3.19. The molecule has 0 fully saturated rings. The summed E-state index contributed by atoms with van der Waals surface area (Å²) in [5, 5.41) is 3.47. The van der Waals surface area contributed by atoms with E-state index in [-0.39, 0.29) is 0 Å². The summed E-state index contributed by atoms with van der Waals surface area (Å²) in [6.45, 7) is 6.87. The Hall–Kier alpha value is -1.38. The summed E-state index contributed by atoms with van der Waals surface area (Å²) in [6.07, 6.45) is 1.09. The van der Waals surface area contributed by atoms with Crippen LogP contribution in [0.1, 0.15) is 19.4 Å². The van der Waals surface area contributed by atoms with Crippen LogP contribution < -0.4 is 14.8 Å². The summed E-state index contributed by atoms with van der Waals surface area (Å²) in [7, 11) is 0. The summed E-state index contributed by atoms with van der Waals surface area (Å²) in [5.41, 5.74) is 2.85. The highest BCUT2D eigenvalue weighted by atomic mass is 16.6. The maximum atomic E-state index is 5.60. The second-order valence-electron chi connectivity index (χ2n) is 5.35. The Kier molecular flexibility index (Phi) is 2.03. The predicted octanol–water partition coefficient (Wildman–Crippen LogP) is 2.45. The zero-order chi connectivity index (χ0) is 11.2. The molecule has 0 aliphatic carbocycles. The number of hydrogen-bond donors (Lipinski definition) is 1. The molecule has 0 bridgehead atoms. The van der Waals surface area contributed by atoms with Gasteiger partial charge in [0, 0.05) is 18.3 Å². The van der Waals surface area contributed by atoms with Crippen molar-refractivity contribution in [1.82, 2.24) is 0 Å². The van der Waals surface area contributed by atoms with Crippen LogP contribution in [-0.4, -0.2) is 19.8 Å². The number of fused-ring (bicyclic) bond motifs is 2. The zero-order valence-electron chi connectivity index (χ0n) is 9.80. The summed E-state index contributed by atoms with van der Waals surface area (Å²) < 4.78 is 11.2. The SMILES string of the molecule is CC1(C)CNc2cc3c(cc2C1)OCCO3. The Morgan fingerprint density at radius 2 is 1.81 bits per heavy atom. The van der Waals surface area contributed by atoms with Gasteiger partial charge in [-0.25, -0.2) is 0 Å². The maximum absolute atomic E-state index is 5.60. The zero-order valence-corrected chi connectivity index (χ0v) is 9.80. The molecule has 3 heteroatoms. The van der Waals surface area contributed by atoms with E-state index in [1.54, 1.807) is 0 Å². The standard InChI is InChI=1S/C13H17NO2/c1-13(2)7-9-5-11-12(16-4-3-15-11)6-10(9)14-8-13/h5-6,14H,3-4,7-8H2,1-2H3. The predicted molar refractivity (Wildman–Crippen MR) is 63.4 cm³/mol. The van der Waals surface area contributed by atoms with Crippen molar-refractivity contribution in [3.05, 3.63) is 17.7 Å². The van der Waals surface area contributed by atoms with Crippen LogP contribution in [0.5, 0.6) is 11.5 Å². The van der Waals surface area contributed by atoms with Crippen LogP contribution in [-0.2, 0) is 6.42 Å². The molecule has 0 amide bonds. The lowest BCUT2D eigenvalue weighted by Gasteiger charge is -2.33. The quantitative estimate of drug-likeness (QED) is 0.727. The Morgan fingerprint density at radius 1 is 1.12 bits per heavy atom. The van der Waals surface area contributed by atoms with Gasteiger partial charge in [0.2, 0.25) is 0 Å². The first-order valence-corrected chi connectivity index (χ1v) is 5.80. The number of ether oxygens (including phenoxy) is 2. The molecule has 1 N–H and O–H groups in total. The van der Waals surface area contributed by atoms with Gasteiger partial charge in [-0.3, -0.25) is 0 Å². The molecule has 0 saturated carbocycles. The highest BCUT2D eigenvalue weighted by molar-refractivity contribution is 5.62. The minimum Gasteiger partial charge on any atom is -0.486 e. The minimum absolute atomic E-state index is 0.316. The van der Waals surface area contributed by atoms with E-state index in [9.17, 15) is 0 Å². The molecule has 1 aromatic carbocycles. The van der Waals surface area contributed by atoms with Crippen LogP contribution in [0.2, 0.25) is 0 Å². The Morgan fingerprint density at radius 3 is 2.56 bits per heavy atom. The molecule has 0 aromatic heterocycles. The second-order valence-corrected chi connectivity index (χ2v) is 5.35. The number of nitrogens with one attached hydrogen (secondary N) is 1. The van der Waals surface area contributed by atoms with Crippen molar-refractivity contribution in [3.8, 4) is 11.5 Å².